The van der Waals surface area contributed by atoms with E-state index in [1.54, 1.807) is 10.7 Å². The monoisotopic (exact) mass is 262 g/mol. The third kappa shape index (κ3) is 3.35. The fourth-order valence-corrected chi connectivity index (χ4v) is 2.56. The van der Waals surface area contributed by atoms with Crippen molar-refractivity contribution >= 4 is 5.69 Å². The molecule has 5 nitrogen and oxygen atoms in total. The molecule has 1 N–H and O–H groups in total. The molecule has 104 valence electrons. The Bertz CT molecular complexity index is 475. The molecule has 3 rings (SSSR count). The first kappa shape index (κ1) is 12.7. The van der Waals surface area contributed by atoms with Gasteiger partial charge in [-0.1, -0.05) is 0 Å². The molecule has 0 atom stereocenters. The van der Waals surface area contributed by atoms with Gasteiger partial charge >= 0.3 is 0 Å². The zero-order valence-electron chi connectivity index (χ0n) is 11.3. The summed E-state index contributed by atoms with van der Waals surface area (Å²) in [6.45, 7) is 3.79. The first-order valence-electron chi connectivity index (χ1n) is 7.38. The van der Waals surface area contributed by atoms with Crippen LogP contribution in [-0.2, 0) is 6.54 Å². The summed E-state index contributed by atoms with van der Waals surface area (Å²) >= 11 is 0. The highest BCUT2D eigenvalue weighted by Crippen LogP contribution is 2.18. The summed E-state index contributed by atoms with van der Waals surface area (Å²) in [5.41, 5.74) is 1.01. The predicted molar refractivity (Wildman–Crippen MR) is 75.6 cm³/mol. The van der Waals surface area contributed by atoms with Crippen LogP contribution in [0, 0.1) is 0 Å². The van der Waals surface area contributed by atoms with E-state index < -0.39 is 0 Å². The highest BCUT2D eigenvalue weighted by Gasteiger charge is 2.19. The van der Waals surface area contributed by atoms with Crippen LogP contribution in [-0.4, -0.2) is 35.5 Å². The quantitative estimate of drug-likeness (QED) is 0.777. The van der Waals surface area contributed by atoms with E-state index in [1.807, 2.05) is 6.20 Å². The minimum atomic E-state index is 0.0239. The van der Waals surface area contributed by atoms with Crippen LogP contribution in [0.1, 0.15) is 32.1 Å². The molecule has 0 amide bonds. The fourth-order valence-electron chi connectivity index (χ4n) is 2.56. The smallest absolute Gasteiger partial charge is 0.268 e. The molecule has 0 bridgehead atoms. The highest BCUT2D eigenvalue weighted by atomic mass is 16.1. The highest BCUT2D eigenvalue weighted by molar-refractivity contribution is 5.43. The van der Waals surface area contributed by atoms with Gasteiger partial charge in [0.15, 0.2) is 0 Å². The zero-order chi connectivity index (χ0) is 13.1. The standard InChI is InChI=1S/C14H22N4O/c19-14-10-13(17-7-1-2-8-17)11-16-18(14)9-3-6-15-12-4-5-12/h10-12,15H,1-9H2. The molecule has 0 spiro atoms. The van der Waals surface area contributed by atoms with E-state index in [4.69, 9.17) is 0 Å². The maximum Gasteiger partial charge on any atom is 0.268 e. The van der Waals surface area contributed by atoms with Crippen molar-refractivity contribution in [2.24, 2.45) is 0 Å². The lowest BCUT2D eigenvalue weighted by atomic mass is 10.4. The normalized spacial score (nSPS) is 19.1. The third-order valence-corrected chi connectivity index (χ3v) is 3.88. The molecule has 0 radical (unpaired) electrons. The van der Waals surface area contributed by atoms with Crippen LogP contribution in [0.15, 0.2) is 17.1 Å². The number of aromatic nitrogens is 2. The van der Waals surface area contributed by atoms with Gasteiger partial charge in [-0.15, -0.1) is 0 Å². The van der Waals surface area contributed by atoms with Crippen molar-refractivity contribution in [3.05, 3.63) is 22.6 Å². The maximum atomic E-state index is 12.0. The Morgan fingerprint density at radius 1 is 1.32 bits per heavy atom. The zero-order valence-corrected chi connectivity index (χ0v) is 11.3. The number of nitrogens with one attached hydrogen (secondary N) is 1. The van der Waals surface area contributed by atoms with Crippen molar-refractivity contribution in [1.29, 1.82) is 0 Å². The van der Waals surface area contributed by atoms with Crippen LogP contribution in [0.2, 0.25) is 0 Å². The molecule has 1 aromatic heterocycles. The van der Waals surface area contributed by atoms with E-state index in [1.165, 1.54) is 25.7 Å². The lowest BCUT2D eigenvalue weighted by Crippen LogP contribution is -2.27. The summed E-state index contributed by atoms with van der Waals surface area (Å²) in [4.78, 5) is 14.2. The molecule has 2 heterocycles. The number of hydrogen-bond acceptors (Lipinski definition) is 4. The van der Waals surface area contributed by atoms with Gasteiger partial charge in [0.1, 0.15) is 0 Å². The van der Waals surface area contributed by atoms with Gasteiger partial charge in [0.25, 0.3) is 5.56 Å². The van der Waals surface area contributed by atoms with Crippen molar-refractivity contribution in [2.75, 3.05) is 24.5 Å². The number of hydrogen-bond donors (Lipinski definition) is 1. The minimum Gasteiger partial charge on any atom is -0.370 e. The summed E-state index contributed by atoms with van der Waals surface area (Å²) < 4.78 is 1.58. The van der Waals surface area contributed by atoms with E-state index in [9.17, 15) is 4.79 Å². The Kier molecular flexibility index (Phi) is 3.82. The topological polar surface area (TPSA) is 50.2 Å². The Morgan fingerprint density at radius 2 is 2.11 bits per heavy atom. The summed E-state index contributed by atoms with van der Waals surface area (Å²) in [5.74, 6) is 0. The van der Waals surface area contributed by atoms with E-state index >= 15 is 0 Å². The van der Waals surface area contributed by atoms with Crippen LogP contribution in [0.5, 0.6) is 0 Å². The van der Waals surface area contributed by atoms with Gasteiger partial charge in [-0.3, -0.25) is 4.79 Å². The molecule has 1 aliphatic heterocycles. The second kappa shape index (κ2) is 5.74. The van der Waals surface area contributed by atoms with Crippen LogP contribution in [0.3, 0.4) is 0 Å². The van der Waals surface area contributed by atoms with Gasteiger partial charge in [0.2, 0.25) is 0 Å². The van der Waals surface area contributed by atoms with Crippen molar-refractivity contribution in [2.45, 2.75) is 44.7 Å². The van der Waals surface area contributed by atoms with Gasteiger partial charge in [-0.25, -0.2) is 4.68 Å². The Hall–Kier alpha value is -1.36. The van der Waals surface area contributed by atoms with Gasteiger partial charge in [-0.2, -0.15) is 5.10 Å². The molecule has 2 fully saturated rings. The van der Waals surface area contributed by atoms with E-state index in [0.717, 1.165) is 37.8 Å². The van der Waals surface area contributed by atoms with Crippen LogP contribution in [0.25, 0.3) is 0 Å². The number of nitrogens with zero attached hydrogens (tertiary/aromatic N) is 3. The number of aryl methyl sites for hydroxylation is 1. The first-order chi connectivity index (χ1) is 9.33. The molecule has 1 aromatic rings. The Morgan fingerprint density at radius 3 is 2.79 bits per heavy atom. The number of rotatable bonds is 6. The maximum absolute atomic E-state index is 12.0. The SMILES string of the molecule is O=c1cc(N2CCCC2)cnn1CCCNC1CC1. The van der Waals surface area contributed by atoms with Crippen LogP contribution in [0.4, 0.5) is 5.69 Å². The van der Waals surface area contributed by atoms with Crippen LogP contribution < -0.4 is 15.8 Å². The van der Waals surface area contributed by atoms with Crippen LogP contribution >= 0.6 is 0 Å². The molecule has 1 saturated heterocycles. The average molecular weight is 262 g/mol. The summed E-state index contributed by atoms with van der Waals surface area (Å²) in [6.07, 6.45) is 7.85. The fraction of sp³-hybridized carbons (Fsp3) is 0.714. The lowest BCUT2D eigenvalue weighted by molar-refractivity contribution is 0.521. The Balaban J connectivity index is 1.54. The summed E-state index contributed by atoms with van der Waals surface area (Å²) in [6, 6.07) is 2.47. The average Bonchev–Trinajstić information content (AvgIpc) is 3.07. The number of anilines is 1. The molecule has 5 heteroatoms. The second-order valence-corrected chi connectivity index (χ2v) is 5.55. The van der Waals surface area contributed by atoms with Gasteiger partial charge in [0, 0.05) is 31.7 Å². The minimum absolute atomic E-state index is 0.0239. The Labute approximate surface area is 113 Å². The molecule has 1 saturated carbocycles. The third-order valence-electron chi connectivity index (χ3n) is 3.88. The van der Waals surface area contributed by atoms with Crippen molar-refractivity contribution in [3.8, 4) is 0 Å². The van der Waals surface area contributed by atoms with E-state index in [-0.39, 0.29) is 5.56 Å². The van der Waals surface area contributed by atoms with Crippen molar-refractivity contribution in [1.82, 2.24) is 15.1 Å². The molecule has 0 unspecified atom stereocenters. The lowest BCUT2D eigenvalue weighted by Gasteiger charge is -2.17. The summed E-state index contributed by atoms with van der Waals surface area (Å²) in [5, 5.41) is 7.74. The largest absolute Gasteiger partial charge is 0.370 e. The van der Waals surface area contributed by atoms with Crippen molar-refractivity contribution < 1.29 is 0 Å². The molecular formula is C14H22N4O. The molecule has 0 aromatic carbocycles. The molecule has 19 heavy (non-hydrogen) atoms. The van der Waals surface area contributed by atoms with Gasteiger partial charge in [-0.05, 0) is 38.6 Å². The predicted octanol–water partition coefficient (Wildman–Crippen LogP) is 0.986. The van der Waals surface area contributed by atoms with Gasteiger partial charge < -0.3 is 10.2 Å². The van der Waals surface area contributed by atoms with Crippen molar-refractivity contribution in [3.63, 3.8) is 0 Å². The molecular weight excluding hydrogens is 240 g/mol. The molecule has 2 aliphatic rings. The van der Waals surface area contributed by atoms with Gasteiger partial charge in [0.05, 0.1) is 11.9 Å². The van der Waals surface area contributed by atoms with E-state index in [0.29, 0.717) is 6.54 Å². The summed E-state index contributed by atoms with van der Waals surface area (Å²) in [7, 11) is 0. The second-order valence-electron chi connectivity index (χ2n) is 5.55. The molecule has 1 aliphatic carbocycles. The van der Waals surface area contributed by atoms with E-state index in [2.05, 4.69) is 15.3 Å². The first-order valence-corrected chi connectivity index (χ1v) is 7.38.